The highest BCUT2D eigenvalue weighted by Crippen LogP contribution is 2.32. The summed E-state index contributed by atoms with van der Waals surface area (Å²) in [6, 6.07) is 10.7. The van der Waals surface area contributed by atoms with Crippen molar-refractivity contribution in [3.8, 4) is 11.5 Å². The highest BCUT2D eigenvalue weighted by molar-refractivity contribution is 5.38. The van der Waals surface area contributed by atoms with Gasteiger partial charge in [-0.15, -0.1) is 0 Å². The lowest BCUT2D eigenvalue weighted by atomic mass is 9.93. The predicted molar refractivity (Wildman–Crippen MR) is 109 cm³/mol. The summed E-state index contributed by atoms with van der Waals surface area (Å²) in [6.07, 6.45) is 3.28. The van der Waals surface area contributed by atoms with Gasteiger partial charge in [0.2, 0.25) is 0 Å². The fourth-order valence-electron chi connectivity index (χ4n) is 4.37. The van der Waals surface area contributed by atoms with Gasteiger partial charge in [-0.3, -0.25) is 0 Å². The summed E-state index contributed by atoms with van der Waals surface area (Å²) in [5.41, 5.74) is 3.28. The zero-order chi connectivity index (χ0) is 20.4. The second kappa shape index (κ2) is 8.72. The molecule has 4 rings (SSSR count). The normalized spacial score (nSPS) is 22.6. The molecule has 0 amide bonds. The van der Waals surface area contributed by atoms with Crippen molar-refractivity contribution in [3.63, 3.8) is 0 Å². The number of halogens is 1. The quantitative estimate of drug-likeness (QED) is 0.766. The van der Waals surface area contributed by atoms with E-state index in [1.54, 1.807) is 6.07 Å². The molecule has 0 fully saturated rings. The Morgan fingerprint density at radius 3 is 2.07 bits per heavy atom. The molecule has 5 heteroatoms. The smallest absolute Gasteiger partial charge is 0.125 e. The van der Waals surface area contributed by atoms with E-state index in [4.69, 9.17) is 9.47 Å². The van der Waals surface area contributed by atoms with Gasteiger partial charge in [0.05, 0.1) is 12.2 Å². The SMILES string of the molecule is Cc1ccc2c(c1)CCC(C(O)CCCC(O)C1CCc3cc(F)ccc3O1)O2. The molecular formula is C24H29FO4. The van der Waals surface area contributed by atoms with Gasteiger partial charge < -0.3 is 19.7 Å². The molecule has 2 aromatic rings. The molecule has 4 nitrogen and oxygen atoms in total. The number of benzene rings is 2. The van der Waals surface area contributed by atoms with E-state index >= 15 is 0 Å². The monoisotopic (exact) mass is 400 g/mol. The first-order valence-corrected chi connectivity index (χ1v) is 10.6. The van der Waals surface area contributed by atoms with Gasteiger partial charge in [-0.1, -0.05) is 17.7 Å². The maximum Gasteiger partial charge on any atom is 0.125 e. The maximum atomic E-state index is 13.3. The first kappa shape index (κ1) is 20.2. The molecule has 156 valence electrons. The van der Waals surface area contributed by atoms with E-state index in [0.29, 0.717) is 37.9 Å². The van der Waals surface area contributed by atoms with E-state index in [0.717, 1.165) is 24.2 Å². The average molecular weight is 400 g/mol. The first-order chi connectivity index (χ1) is 14.0. The van der Waals surface area contributed by atoms with Gasteiger partial charge in [0.1, 0.15) is 29.5 Å². The molecule has 0 spiro atoms. The number of aryl methyl sites for hydroxylation is 3. The van der Waals surface area contributed by atoms with E-state index in [-0.39, 0.29) is 18.0 Å². The first-order valence-electron chi connectivity index (χ1n) is 10.6. The number of hydrogen-bond acceptors (Lipinski definition) is 4. The standard InChI is InChI=1S/C24H29FO4/c1-15-5-9-21-16(13-15)6-10-23(28-21)19(26)3-2-4-20(27)24-11-7-17-14-18(25)8-12-22(17)29-24/h5,8-9,12-14,19-20,23-24,26-27H,2-4,6-7,10-11H2,1H3. The van der Waals surface area contributed by atoms with E-state index in [9.17, 15) is 14.6 Å². The third-order valence-electron chi connectivity index (χ3n) is 6.05. The molecule has 0 aliphatic carbocycles. The summed E-state index contributed by atoms with van der Waals surface area (Å²) in [5, 5.41) is 21.1. The number of hydrogen-bond donors (Lipinski definition) is 2. The molecule has 0 aromatic heterocycles. The highest BCUT2D eigenvalue weighted by atomic mass is 19.1. The molecule has 0 saturated heterocycles. The zero-order valence-electron chi connectivity index (χ0n) is 16.8. The number of fused-ring (bicyclic) bond motifs is 2. The Morgan fingerprint density at radius 2 is 1.45 bits per heavy atom. The van der Waals surface area contributed by atoms with Crippen LogP contribution in [0.1, 0.15) is 48.8 Å². The van der Waals surface area contributed by atoms with Gasteiger partial charge in [0, 0.05) is 0 Å². The molecule has 4 unspecified atom stereocenters. The molecule has 2 N–H and O–H groups in total. The molecule has 0 radical (unpaired) electrons. The van der Waals surface area contributed by atoms with Crippen LogP contribution in [-0.2, 0) is 12.8 Å². The molecule has 0 saturated carbocycles. The van der Waals surface area contributed by atoms with Crippen LogP contribution in [0, 0.1) is 12.7 Å². The Labute approximate surface area is 171 Å². The van der Waals surface area contributed by atoms with Gasteiger partial charge in [0.25, 0.3) is 0 Å². The van der Waals surface area contributed by atoms with Crippen molar-refractivity contribution in [1.82, 2.24) is 0 Å². The topological polar surface area (TPSA) is 58.9 Å². The molecule has 29 heavy (non-hydrogen) atoms. The molecule has 0 bridgehead atoms. The fourth-order valence-corrected chi connectivity index (χ4v) is 4.37. The molecule has 2 aromatic carbocycles. The lowest BCUT2D eigenvalue weighted by Gasteiger charge is -2.31. The number of rotatable bonds is 6. The van der Waals surface area contributed by atoms with Gasteiger partial charge in [-0.25, -0.2) is 4.39 Å². The fraction of sp³-hybridized carbons (Fsp3) is 0.500. The number of ether oxygens (including phenoxy) is 2. The van der Waals surface area contributed by atoms with Gasteiger partial charge in [0.15, 0.2) is 0 Å². The van der Waals surface area contributed by atoms with Crippen LogP contribution in [0.2, 0.25) is 0 Å². The summed E-state index contributed by atoms with van der Waals surface area (Å²) < 4.78 is 25.2. The second-order valence-electron chi connectivity index (χ2n) is 8.32. The van der Waals surface area contributed by atoms with E-state index in [2.05, 4.69) is 13.0 Å². The van der Waals surface area contributed by atoms with E-state index < -0.39 is 12.2 Å². The Kier molecular flexibility index (Phi) is 6.07. The van der Waals surface area contributed by atoms with Crippen molar-refractivity contribution in [1.29, 1.82) is 0 Å². The third kappa shape index (κ3) is 4.73. The van der Waals surface area contributed by atoms with E-state index in [1.807, 2.05) is 12.1 Å². The summed E-state index contributed by atoms with van der Waals surface area (Å²) in [7, 11) is 0. The van der Waals surface area contributed by atoms with Crippen LogP contribution in [0.4, 0.5) is 4.39 Å². The van der Waals surface area contributed by atoms with Crippen molar-refractivity contribution in [2.75, 3.05) is 0 Å². The molecule has 2 heterocycles. The lowest BCUT2D eigenvalue weighted by molar-refractivity contribution is 0.00136. The second-order valence-corrected chi connectivity index (χ2v) is 8.32. The Bertz CT molecular complexity index is 783. The zero-order valence-corrected chi connectivity index (χ0v) is 16.8. The van der Waals surface area contributed by atoms with E-state index in [1.165, 1.54) is 23.3 Å². The van der Waals surface area contributed by atoms with Crippen LogP contribution in [0.25, 0.3) is 0 Å². The molecule has 4 atom stereocenters. The van der Waals surface area contributed by atoms with Crippen molar-refractivity contribution in [2.45, 2.75) is 76.3 Å². The minimum atomic E-state index is -0.601. The predicted octanol–water partition coefficient (Wildman–Crippen LogP) is 4.11. The van der Waals surface area contributed by atoms with Crippen LogP contribution in [0.15, 0.2) is 36.4 Å². The molecule has 2 aliphatic heterocycles. The molecule has 2 aliphatic rings. The summed E-state index contributed by atoms with van der Waals surface area (Å²) in [6.45, 7) is 2.07. The third-order valence-corrected chi connectivity index (χ3v) is 6.05. The van der Waals surface area contributed by atoms with Crippen LogP contribution < -0.4 is 9.47 Å². The molecular weight excluding hydrogens is 371 g/mol. The van der Waals surface area contributed by atoms with Gasteiger partial charge in [-0.2, -0.15) is 0 Å². The van der Waals surface area contributed by atoms with Crippen LogP contribution >= 0.6 is 0 Å². The van der Waals surface area contributed by atoms with Crippen LogP contribution in [0.5, 0.6) is 11.5 Å². The Morgan fingerprint density at radius 1 is 0.897 bits per heavy atom. The highest BCUT2D eigenvalue weighted by Gasteiger charge is 2.29. The van der Waals surface area contributed by atoms with Crippen molar-refractivity contribution in [3.05, 3.63) is 58.9 Å². The summed E-state index contributed by atoms with van der Waals surface area (Å²) in [4.78, 5) is 0. The van der Waals surface area contributed by atoms with Crippen molar-refractivity contribution >= 4 is 0 Å². The van der Waals surface area contributed by atoms with Gasteiger partial charge in [-0.05, 0) is 87.3 Å². The Hall–Kier alpha value is -2.11. The Balaban J connectivity index is 1.24. The minimum Gasteiger partial charge on any atom is -0.487 e. The maximum absolute atomic E-state index is 13.3. The van der Waals surface area contributed by atoms with Gasteiger partial charge >= 0.3 is 0 Å². The average Bonchev–Trinajstić information content (AvgIpc) is 2.72. The van der Waals surface area contributed by atoms with Crippen molar-refractivity contribution < 1.29 is 24.1 Å². The number of aliphatic hydroxyl groups is 2. The largest absolute Gasteiger partial charge is 0.487 e. The number of aliphatic hydroxyl groups excluding tert-OH is 2. The van der Waals surface area contributed by atoms with Crippen LogP contribution in [-0.4, -0.2) is 34.6 Å². The minimum absolute atomic E-state index is 0.199. The summed E-state index contributed by atoms with van der Waals surface area (Å²) in [5.74, 6) is 1.27. The van der Waals surface area contributed by atoms with Crippen molar-refractivity contribution in [2.24, 2.45) is 0 Å². The van der Waals surface area contributed by atoms with Crippen LogP contribution in [0.3, 0.4) is 0 Å². The summed E-state index contributed by atoms with van der Waals surface area (Å²) >= 11 is 0. The lowest BCUT2D eigenvalue weighted by Crippen LogP contribution is -2.36.